The van der Waals surface area contributed by atoms with Crippen molar-refractivity contribution in [3.63, 3.8) is 0 Å². The van der Waals surface area contributed by atoms with E-state index in [2.05, 4.69) is 28.8 Å². The molecule has 2 aliphatic carbocycles. The van der Waals surface area contributed by atoms with E-state index in [1.165, 1.54) is 18.9 Å². The van der Waals surface area contributed by atoms with Crippen LogP contribution in [0, 0.1) is 11.7 Å². The van der Waals surface area contributed by atoms with E-state index in [1.54, 1.807) is 25.1 Å². The number of hydrogen-bond donors (Lipinski definition) is 1. The van der Waals surface area contributed by atoms with E-state index >= 15 is 0 Å². The lowest BCUT2D eigenvalue weighted by atomic mass is 9.68. The second kappa shape index (κ2) is 9.01. The highest BCUT2D eigenvalue weighted by Gasteiger charge is 2.55. The number of carbonyl (C=O) groups excluding carboxylic acids is 1. The molecule has 1 spiro atoms. The first-order valence-electron chi connectivity index (χ1n) is 12.0. The number of amides is 1. The van der Waals surface area contributed by atoms with Crippen molar-refractivity contribution in [2.75, 3.05) is 47.8 Å². The van der Waals surface area contributed by atoms with Crippen LogP contribution in [0.3, 0.4) is 0 Å². The predicted molar refractivity (Wildman–Crippen MR) is 123 cm³/mol. The van der Waals surface area contributed by atoms with Gasteiger partial charge in [0.15, 0.2) is 6.35 Å². The van der Waals surface area contributed by atoms with E-state index in [9.17, 15) is 14.3 Å². The average molecular weight is 447 g/mol. The second-order valence-electron chi connectivity index (χ2n) is 10.6. The predicted octanol–water partition coefficient (Wildman–Crippen LogP) is 2.68. The van der Waals surface area contributed by atoms with Crippen molar-refractivity contribution in [2.45, 2.75) is 62.4 Å². The van der Waals surface area contributed by atoms with E-state index in [0.717, 1.165) is 44.3 Å². The van der Waals surface area contributed by atoms with Gasteiger partial charge in [0.1, 0.15) is 5.82 Å². The van der Waals surface area contributed by atoms with E-state index in [1.807, 2.05) is 12.1 Å². The molecule has 178 valence electrons. The Morgan fingerprint density at radius 2 is 1.84 bits per heavy atom. The normalized spacial score (nSPS) is 31.5. The molecule has 0 radical (unpaired) electrons. The third kappa shape index (κ3) is 4.45. The zero-order valence-corrected chi connectivity index (χ0v) is 20.1. The van der Waals surface area contributed by atoms with E-state index in [-0.39, 0.29) is 22.8 Å². The van der Waals surface area contributed by atoms with E-state index in [4.69, 9.17) is 0 Å². The molecule has 0 bridgehead atoms. The highest BCUT2D eigenvalue weighted by Crippen LogP contribution is 2.50. The Morgan fingerprint density at radius 3 is 2.41 bits per heavy atom. The van der Waals surface area contributed by atoms with Gasteiger partial charge in [-0.1, -0.05) is 12.1 Å². The maximum atomic E-state index is 14.1. The van der Waals surface area contributed by atoms with Crippen LogP contribution in [0.1, 0.15) is 50.5 Å². The van der Waals surface area contributed by atoms with Gasteiger partial charge in [-0.2, -0.15) is 0 Å². The van der Waals surface area contributed by atoms with Crippen LogP contribution in [0.25, 0.3) is 0 Å². The zero-order chi connectivity index (χ0) is 23.1. The van der Waals surface area contributed by atoms with Gasteiger partial charge >= 0.3 is 0 Å². The summed E-state index contributed by atoms with van der Waals surface area (Å²) in [6.45, 7) is 2.28. The van der Waals surface area contributed by atoms with Crippen molar-refractivity contribution in [1.82, 2.24) is 19.6 Å². The Morgan fingerprint density at radius 1 is 1.16 bits per heavy atom. The third-order valence-electron chi connectivity index (χ3n) is 8.20. The highest BCUT2D eigenvalue weighted by atomic mass is 19.1. The number of aliphatic hydroxyl groups is 1. The van der Waals surface area contributed by atoms with Gasteiger partial charge in [0.25, 0.3) is 0 Å². The fraction of sp³-hybridized carbons (Fsp3) is 0.720. The smallest absolute Gasteiger partial charge is 0.223 e. The van der Waals surface area contributed by atoms with Crippen molar-refractivity contribution < 1.29 is 14.3 Å². The van der Waals surface area contributed by atoms with E-state index < -0.39 is 6.35 Å². The Labute approximate surface area is 192 Å². The molecule has 1 atom stereocenters. The van der Waals surface area contributed by atoms with Crippen LogP contribution in [0.4, 0.5) is 4.39 Å². The van der Waals surface area contributed by atoms with Crippen LogP contribution in [0.5, 0.6) is 0 Å². The fourth-order valence-corrected chi connectivity index (χ4v) is 5.86. The second-order valence-corrected chi connectivity index (χ2v) is 10.6. The molecule has 6 nitrogen and oxygen atoms in total. The number of rotatable bonds is 7. The lowest BCUT2D eigenvalue weighted by Gasteiger charge is -2.51. The number of halogens is 1. The summed E-state index contributed by atoms with van der Waals surface area (Å²) in [4.78, 5) is 20.4. The lowest BCUT2D eigenvalue weighted by molar-refractivity contribution is -0.130. The molecule has 1 unspecified atom stereocenters. The maximum Gasteiger partial charge on any atom is 0.223 e. The number of benzene rings is 1. The molecule has 1 aromatic rings. The molecule has 4 rings (SSSR count). The summed E-state index contributed by atoms with van der Waals surface area (Å²) in [6, 6.07) is 7.05. The standard InChI is InChI=1S/C25H39FN4O2/c1-27(2)22(31)10-15-29-18-24(30(23(29)32)17-19-8-9-19)11-13-25(14-12-24,28(3)4)20-6-5-7-21(26)16-20/h5-7,16,19,23,32H,8-15,17-18H2,1-4H3. The number of carbonyl (C=O) groups is 1. The summed E-state index contributed by atoms with van der Waals surface area (Å²) >= 11 is 0. The summed E-state index contributed by atoms with van der Waals surface area (Å²) in [6.07, 6.45) is 6.00. The lowest BCUT2D eigenvalue weighted by Crippen LogP contribution is -2.56. The van der Waals surface area contributed by atoms with Crippen molar-refractivity contribution in [1.29, 1.82) is 0 Å². The molecule has 1 saturated heterocycles. The van der Waals surface area contributed by atoms with Gasteiger partial charge in [0.05, 0.1) is 0 Å². The molecule has 3 aliphatic rings. The van der Waals surface area contributed by atoms with Crippen LogP contribution in [-0.4, -0.2) is 90.3 Å². The molecule has 7 heteroatoms. The molecule has 1 aliphatic heterocycles. The minimum Gasteiger partial charge on any atom is -0.365 e. The molecule has 2 saturated carbocycles. The third-order valence-corrected chi connectivity index (χ3v) is 8.20. The summed E-state index contributed by atoms with van der Waals surface area (Å²) in [5.74, 6) is 0.578. The maximum absolute atomic E-state index is 14.1. The van der Waals surface area contributed by atoms with E-state index in [0.29, 0.717) is 18.9 Å². The molecule has 32 heavy (non-hydrogen) atoms. The molecule has 3 fully saturated rings. The average Bonchev–Trinajstić information content (AvgIpc) is 3.54. The van der Waals surface area contributed by atoms with Crippen LogP contribution in [-0.2, 0) is 10.3 Å². The van der Waals surface area contributed by atoms with Gasteiger partial charge in [-0.05, 0) is 76.2 Å². The van der Waals surface area contributed by atoms with Gasteiger partial charge in [0.2, 0.25) is 5.91 Å². The molecule has 1 aromatic carbocycles. The number of nitrogens with zero attached hydrogens (tertiary/aromatic N) is 4. The Kier molecular flexibility index (Phi) is 6.65. The zero-order valence-electron chi connectivity index (χ0n) is 20.1. The van der Waals surface area contributed by atoms with Crippen LogP contribution in [0.2, 0.25) is 0 Å². The van der Waals surface area contributed by atoms with Crippen molar-refractivity contribution >= 4 is 5.91 Å². The van der Waals surface area contributed by atoms with Crippen molar-refractivity contribution in [2.24, 2.45) is 5.92 Å². The summed E-state index contributed by atoms with van der Waals surface area (Å²) in [5, 5.41) is 11.3. The molecule has 1 N–H and O–H groups in total. The van der Waals surface area contributed by atoms with Gasteiger partial charge in [-0.25, -0.2) is 4.39 Å². The topological polar surface area (TPSA) is 50.3 Å². The van der Waals surface area contributed by atoms with Crippen molar-refractivity contribution in [3.8, 4) is 0 Å². The summed E-state index contributed by atoms with van der Waals surface area (Å²) < 4.78 is 14.1. The molecule has 0 aromatic heterocycles. The minimum atomic E-state index is -0.633. The first-order chi connectivity index (χ1) is 15.2. The Hall–Kier alpha value is -1.54. The Balaban J connectivity index is 1.54. The number of hydrogen-bond acceptors (Lipinski definition) is 5. The van der Waals surface area contributed by atoms with Gasteiger partial charge in [-0.15, -0.1) is 0 Å². The monoisotopic (exact) mass is 446 g/mol. The molecular weight excluding hydrogens is 407 g/mol. The van der Waals surface area contributed by atoms with Gasteiger partial charge < -0.3 is 10.0 Å². The quantitative estimate of drug-likeness (QED) is 0.698. The first kappa shape index (κ1) is 23.6. The largest absolute Gasteiger partial charge is 0.365 e. The van der Waals surface area contributed by atoms with Crippen LogP contribution >= 0.6 is 0 Å². The summed E-state index contributed by atoms with van der Waals surface area (Å²) in [5.41, 5.74) is 0.756. The SMILES string of the molecule is CN(C)C(=O)CCN1CC2(CCC(c3cccc(F)c3)(N(C)C)CC2)N(CC2CC2)C1O. The fourth-order valence-electron chi connectivity index (χ4n) is 5.86. The summed E-state index contributed by atoms with van der Waals surface area (Å²) in [7, 11) is 7.73. The number of aliphatic hydroxyl groups excluding tert-OH is 1. The van der Waals surface area contributed by atoms with Gasteiger partial charge in [-0.3, -0.25) is 19.5 Å². The van der Waals surface area contributed by atoms with Crippen LogP contribution < -0.4 is 0 Å². The molecule has 1 heterocycles. The minimum absolute atomic E-state index is 0.0873. The molecular formula is C25H39FN4O2. The highest BCUT2D eigenvalue weighted by molar-refractivity contribution is 5.75. The van der Waals surface area contributed by atoms with Crippen molar-refractivity contribution in [3.05, 3.63) is 35.6 Å². The Bertz CT molecular complexity index is 818. The van der Waals surface area contributed by atoms with Gasteiger partial charge in [0, 0.05) is 51.2 Å². The molecule has 1 amide bonds. The first-order valence-corrected chi connectivity index (χ1v) is 12.0. The van der Waals surface area contributed by atoms with Crippen LogP contribution in [0.15, 0.2) is 24.3 Å².